The molecule has 0 fully saturated rings. The van der Waals surface area contributed by atoms with Crippen molar-refractivity contribution in [1.82, 2.24) is 5.32 Å². The van der Waals surface area contributed by atoms with E-state index in [-0.39, 0.29) is 33.5 Å². The summed E-state index contributed by atoms with van der Waals surface area (Å²) in [4.78, 5) is 11.4. The van der Waals surface area contributed by atoms with Gasteiger partial charge in [-0.15, -0.1) is 12.4 Å². The van der Waals surface area contributed by atoms with Crippen LogP contribution in [0.4, 0.5) is 0 Å². The fourth-order valence-electron chi connectivity index (χ4n) is 3.30. The first-order valence-corrected chi connectivity index (χ1v) is 11.7. The number of hydrogen-bond acceptors (Lipinski definition) is 6. The van der Waals surface area contributed by atoms with Crippen LogP contribution in [0.25, 0.3) is 0 Å². The van der Waals surface area contributed by atoms with E-state index in [0.717, 1.165) is 36.1 Å². The van der Waals surface area contributed by atoms with Crippen molar-refractivity contribution in [2.24, 2.45) is 5.73 Å². The number of hydrogen-bond donors (Lipinski definition) is 4. The van der Waals surface area contributed by atoms with Crippen LogP contribution in [0, 0.1) is 0 Å². The van der Waals surface area contributed by atoms with Crippen molar-refractivity contribution in [2.75, 3.05) is 13.1 Å². The second kappa shape index (κ2) is 11.8. The van der Waals surface area contributed by atoms with E-state index < -0.39 is 21.8 Å². The van der Waals surface area contributed by atoms with Crippen molar-refractivity contribution in [3.05, 3.63) is 89.5 Å². The van der Waals surface area contributed by atoms with E-state index in [4.69, 9.17) is 5.73 Å². The molecule has 0 radical (unpaired) electrons. The molecule has 0 heterocycles. The maximum Gasteiger partial charge on any atom is 0.252 e. The number of aliphatic hydroxyl groups is 1. The van der Waals surface area contributed by atoms with Crippen LogP contribution in [0.15, 0.2) is 82.6 Å². The molecule has 176 valence electrons. The Labute approximate surface area is 199 Å². The van der Waals surface area contributed by atoms with Gasteiger partial charge in [0.1, 0.15) is 5.75 Å². The summed E-state index contributed by atoms with van der Waals surface area (Å²) in [5.74, 6) is -1.27. The number of carbonyl (C=O) groups excluding carboxylic acids is 1. The number of halogens is 1. The molecule has 7 nitrogen and oxygen atoms in total. The lowest BCUT2D eigenvalue weighted by molar-refractivity contribution is 0.0997. The summed E-state index contributed by atoms with van der Waals surface area (Å²) in [6.07, 6.45) is 1.02. The minimum atomic E-state index is -3.85. The van der Waals surface area contributed by atoms with Gasteiger partial charge in [0.25, 0.3) is 5.91 Å². The third kappa shape index (κ3) is 6.79. The smallest absolute Gasteiger partial charge is 0.252 e. The number of aromatic hydroxyl groups is 1. The first-order valence-electron chi connectivity index (χ1n) is 10.2. The summed E-state index contributed by atoms with van der Waals surface area (Å²) >= 11 is 0. The van der Waals surface area contributed by atoms with Gasteiger partial charge in [-0.3, -0.25) is 4.79 Å². The molecule has 0 saturated heterocycles. The number of rotatable bonds is 10. The predicted octanol–water partition coefficient (Wildman–Crippen LogP) is 3.00. The Kier molecular flexibility index (Phi) is 9.43. The number of aliphatic hydroxyl groups excluding tert-OH is 1. The Morgan fingerprint density at radius 2 is 1.61 bits per heavy atom. The summed E-state index contributed by atoms with van der Waals surface area (Å²) in [5, 5.41) is 23.0. The third-order valence-corrected chi connectivity index (χ3v) is 6.89. The zero-order chi connectivity index (χ0) is 23.1. The first-order chi connectivity index (χ1) is 15.3. The quantitative estimate of drug-likeness (QED) is 0.323. The van der Waals surface area contributed by atoms with Gasteiger partial charge in [-0.2, -0.15) is 0 Å². The van der Waals surface area contributed by atoms with Gasteiger partial charge in [0.05, 0.1) is 21.5 Å². The highest BCUT2D eigenvalue weighted by atomic mass is 35.5. The molecular formula is C24H27ClN2O5S. The molecule has 3 rings (SSSR count). The van der Waals surface area contributed by atoms with Crippen molar-refractivity contribution >= 4 is 28.2 Å². The van der Waals surface area contributed by atoms with Crippen LogP contribution < -0.4 is 11.1 Å². The van der Waals surface area contributed by atoms with Gasteiger partial charge in [-0.05, 0) is 60.8 Å². The van der Waals surface area contributed by atoms with Crippen molar-refractivity contribution in [2.45, 2.75) is 28.7 Å². The lowest BCUT2D eigenvalue weighted by Crippen LogP contribution is -2.22. The van der Waals surface area contributed by atoms with Gasteiger partial charge in [0, 0.05) is 6.54 Å². The van der Waals surface area contributed by atoms with Crippen LogP contribution in [-0.2, 0) is 16.3 Å². The minimum absolute atomic E-state index is 0. The molecular weight excluding hydrogens is 464 g/mol. The molecule has 1 amide bonds. The van der Waals surface area contributed by atoms with Crippen LogP contribution in [0.3, 0.4) is 0 Å². The molecule has 1 atom stereocenters. The highest BCUT2D eigenvalue weighted by Gasteiger charge is 2.20. The Morgan fingerprint density at radius 1 is 0.970 bits per heavy atom. The average molecular weight is 491 g/mol. The highest BCUT2D eigenvalue weighted by Crippen LogP contribution is 2.26. The van der Waals surface area contributed by atoms with Crippen LogP contribution in [0.2, 0.25) is 0 Å². The zero-order valence-electron chi connectivity index (χ0n) is 17.8. The number of sulfone groups is 1. The molecule has 0 unspecified atom stereocenters. The summed E-state index contributed by atoms with van der Waals surface area (Å²) in [7, 11) is -3.85. The van der Waals surface area contributed by atoms with E-state index >= 15 is 0 Å². The summed E-state index contributed by atoms with van der Waals surface area (Å²) in [5.41, 5.74) is 6.80. The molecule has 0 bridgehead atoms. The lowest BCUT2D eigenvalue weighted by atomic mass is 10.1. The molecule has 5 N–H and O–H groups in total. The Morgan fingerprint density at radius 3 is 2.24 bits per heavy atom. The summed E-state index contributed by atoms with van der Waals surface area (Å²) in [6, 6.07) is 19.5. The molecule has 9 heteroatoms. The fourth-order valence-corrected chi connectivity index (χ4v) is 4.59. The van der Waals surface area contributed by atoms with Gasteiger partial charge in [-0.1, -0.05) is 42.5 Å². The number of carbonyl (C=O) groups is 1. The van der Waals surface area contributed by atoms with Crippen molar-refractivity contribution < 1.29 is 23.4 Å². The average Bonchev–Trinajstić information content (AvgIpc) is 2.79. The second-order valence-electron chi connectivity index (χ2n) is 7.42. The number of aryl methyl sites for hydroxylation is 1. The van der Waals surface area contributed by atoms with E-state index in [1.807, 2.05) is 30.3 Å². The highest BCUT2D eigenvalue weighted by molar-refractivity contribution is 7.91. The number of nitrogens with two attached hydrogens (primary N) is 1. The lowest BCUT2D eigenvalue weighted by Gasteiger charge is -2.12. The van der Waals surface area contributed by atoms with Crippen LogP contribution in [0.1, 0.15) is 34.0 Å². The molecule has 0 aliphatic heterocycles. The number of amides is 1. The maximum atomic E-state index is 12.8. The number of primary amides is 1. The van der Waals surface area contributed by atoms with E-state index in [9.17, 15) is 23.4 Å². The molecule has 0 aliphatic carbocycles. The first kappa shape index (κ1) is 26.3. The standard InChI is InChI=1S/C24H26N2O5S.ClH/c25-24(29)21-15-20(12-13-22(21)27)32(30,31)19-10-8-17(9-11-19)5-4-14-26-16-23(28)18-6-2-1-3-7-18;/h1-3,6-13,15,23,26-28H,4-5,14,16H2,(H2,25,29);1H/t23-;/m0./s1. The number of phenols is 1. The van der Waals surface area contributed by atoms with Crippen LogP contribution in [-0.4, -0.2) is 37.6 Å². The normalized spacial score (nSPS) is 12.0. The summed E-state index contributed by atoms with van der Waals surface area (Å²) < 4.78 is 25.7. The Balaban J connectivity index is 0.00000385. The number of nitrogens with one attached hydrogen (secondary N) is 1. The molecule has 0 aromatic heterocycles. The van der Waals surface area contributed by atoms with Crippen molar-refractivity contribution in [3.63, 3.8) is 0 Å². The van der Waals surface area contributed by atoms with Crippen molar-refractivity contribution in [1.29, 1.82) is 0 Å². The van der Waals surface area contributed by atoms with Gasteiger partial charge < -0.3 is 21.3 Å². The molecule has 3 aromatic rings. The third-order valence-electron chi connectivity index (χ3n) is 5.12. The molecule has 0 aliphatic rings. The fraction of sp³-hybridized carbons (Fsp3) is 0.208. The van der Waals surface area contributed by atoms with Crippen LogP contribution >= 0.6 is 12.4 Å². The van der Waals surface area contributed by atoms with E-state index in [2.05, 4.69) is 5.32 Å². The van der Waals surface area contributed by atoms with Gasteiger partial charge >= 0.3 is 0 Å². The van der Waals surface area contributed by atoms with Crippen LogP contribution in [0.5, 0.6) is 5.75 Å². The summed E-state index contributed by atoms with van der Waals surface area (Å²) in [6.45, 7) is 1.18. The molecule has 0 spiro atoms. The molecule has 33 heavy (non-hydrogen) atoms. The number of benzene rings is 3. The van der Waals surface area contributed by atoms with E-state index in [1.54, 1.807) is 12.1 Å². The Hall–Kier alpha value is -2.91. The van der Waals surface area contributed by atoms with Gasteiger partial charge in [0.2, 0.25) is 9.84 Å². The minimum Gasteiger partial charge on any atom is -0.507 e. The predicted molar refractivity (Wildman–Crippen MR) is 128 cm³/mol. The Bertz CT molecular complexity index is 1170. The monoisotopic (exact) mass is 490 g/mol. The maximum absolute atomic E-state index is 12.8. The SMILES string of the molecule is Cl.NC(=O)c1cc(S(=O)(=O)c2ccc(CCCNC[C@H](O)c3ccccc3)cc2)ccc1O. The molecule has 3 aromatic carbocycles. The topological polar surface area (TPSA) is 130 Å². The van der Waals surface area contributed by atoms with Gasteiger partial charge in [-0.25, -0.2) is 8.42 Å². The molecule has 0 saturated carbocycles. The van der Waals surface area contributed by atoms with E-state index in [0.29, 0.717) is 13.1 Å². The van der Waals surface area contributed by atoms with E-state index in [1.165, 1.54) is 18.2 Å². The van der Waals surface area contributed by atoms with Gasteiger partial charge in [0.15, 0.2) is 0 Å². The second-order valence-corrected chi connectivity index (χ2v) is 9.37. The zero-order valence-corrected chi connectivity index (χ0v) is 19.5. The largest absolute Gasteiger partial charge is 0.507 e. The van der Waals surface area contributed by atoms with Crippen molar-refractivity contribution in [3.8, 4) is 5.75 Å².